The number of carbonyl (C=O) groups is 1. The van der Waals surface area contributed by atoms with E-state index in [1.54, 1.807) is 19.3 Å². The summed E-state index contributed by atoms with van der Waals surface area (Å²) in [7, 11) is 1.32. The molecular weight excluding hydrogens is 180 g/mol. The van der Waals surface area contributed by atoms with E-state index in [0.29, 0.717) is 5.56 Å². The molecule has 0 aromatic carbocycles. The summed E-state index contributed by atoms with van der Waals surface area (Å²) in [5.41, 5.74) is 6.36. The largest absolute Gasteiger partial charge is 0.467 e. The molecule has 1 aromatic rings. The highest BCUT2D eigenvalue weighted by Crippen LogP contribution is 2.21. The van der Waals surface area contributed by atoms with Crippen LogP contribution in [0.1, 0.15) is 18.1 Å². The number of hydrogen-bond acceptors (Lipinski definition) is 4. The number of nitrogens with zero attached hydrogens (tertiary/aromatic N) is 1. The molecule has 0 bridgehead atoms. The minimum Gasteiger partial charge on any atom is -0.467 e. The minimum atomic E-state index is -1.13. The van der Waals surface area contributed by atoms with Crippen LogP contribution in [0.25, 0.3) is 0 Å². The van der Waals surface area contributed by atoms with E-state index < -0.39 is 11.5 Å². The summed E-state index contributed by atoms with van der Waals surface area (Å²) in [6.45, 7) is 3.49. The molecule has 0 saturated carbocycles. The van der Waals surface area contributed by atoms with E-state index in [-0.39, 0.29) is 0 Å². The van der Waals surface area contributed by atoms with E-state index in [1.165, 1.54) is 7.11 Å². The first-order chi connectivity index (χ1) is 6.50. The average molecular weight is 194 g/mol. The standard InChI is InChI=1S/C10H14N2O2/c1-7-4-5-12-6-8(7)10(2,11)9(13)14-3/h4-6H,11H2,1-3H3. The third kappa shape index (κ3) is 1.75. The Balaban J connectivity index is 3.16. The fraction of sp³-hybridized carbons (Fsp3) is 0.400. The van der Waals surface area contributed by atoms with Crippen molar-refractivity contribution < 1.29 is 9.53 Å². The molecule has 0 amide bonds. The van der Waals surface area contributed by atoms with Crippen molar-refractivity contribution in [2.75, 3.05) is 7.11 Å². The Hall–Kier alpha value is -1.42. The zero-order chi connectivity index (χ0) is 10.8. The van der Waals surface area contributed by atoms with E-state index in [9.17, 15) is 4.79 Å². The van der Waals surface area contributed by atoms with Gasteiger partial charge in [0, 0.05) is 18.0 Å². The highest BCUT2D eigenvalue weighted by Gasteiger charge is 2.33. The van der Waals surface area contributed by atoms with Crippen molar-refractivity contribution in [2.45, 2.75) is 19.4 Å². The maximum atomic E-state index is 11.4. The lowest BCUT2D eigenvalue weighted by atomic mass is 9.91. The zero-order valence-electron chi connectivity index (χ0n) is 8.57. The molecular formula is C10H14N2O2. The zero-order valence-corrected chi connectivity index (χ0v) is 8.57. The van der Waals surface area contributed by atoms with Gasteiger partial charge in [-0.2, -0.15) is 0 Å². The fourth-order valence-corrected chi connectivity index (χ4v) is 1.33. The van der Waals surface area contributed by atoms with Crippen LogP contribution in [0.3, 0.4) is 0 Å². The van der Waals surface area contributed by atoms with Crippen molar-refractivity contribution in [1.82, 2.24) is 4.98 Å². The first-order valence-corrected chi connectivity index (χ1v) is 4.28. The predicted octanol–water partition coefficient (Wildman–Crippen LogP) is 0.737. The molecule has 14 heavy (non-hydrogen) atoms. The second-order valence-corrected chi connectivity index (χ2v) is 3.38. The summed E-state index contributed by atoms with van der Waals surface area (Å²) < 4.78 is 4.63. The molecule has 1 aromatic heterocycles. The Labute approximate surface area is 83.1 Å². The highest BCUT2D eigenvalue weighted by molar-refractivity contribution is 5.82. The SMILES string of the molecule is COC(=O)C(C)(N)c1cnccc1C. The summed E-state index contributed by atoms with van der Waals surface area (Å²) in [4.78, 5) is 15.4. The number of aryl methyl sites for hydroxylation is 1. The Morgan fingerprint density at radius 3 is 2.79 bits per heavy atom. The van der Waals surface area contributed by atoms with E-state index in [0.717, 1.165) is 5.56 Å². The first kappa shape index (κ1) is 10.7. The maximum absolute atomic E-state index is 11.4. The van der Waals surface area contributed by atoms with Gasteiger partial charge in [0.1, 0.15) is 5.54 Å². The van der Waals surface area contributed by atoms with Crippen molar-refractivity contribution in [2.24, 2.45) is 5.73 Å². The Bertz CT molecular complexity index is 348. The lowest BCUT2D eigenvalue weighted by Crippen LogP contribution is -2.43. The van der Waals surface area contributed by atoms with Gasteiger partial charge in [-0.3, -0.25) is 4.98 Å². The molecule has 0 spiro atoms. The quantitative estimate of drug-likeness (QED) is 0.705. The molecule has 0 fully saturated rings. The molecule has 1 unspecified atom stereocenters. The van der Waals surface area contributed by atoms with Crippen molar-refractivity contribution in [3.8, 4) is 0 Å². The van der Waals surface area contributed by atoms with Crippen LogP contribution in [0, 0.1) is 6.92 Å². The summed E-state index contributed by atoms with van der Waals surface area (Å²) >= 11 is 0. The topological polar surface area (TPSA) is 65.2 Å². The average Bonchev–Trinajstić information content (AvgIpc) is 2.17. The molecule has 0 radical (unpaired) electrons. The highest BCUT2D eigenvalue weighted by atomic mass is 16.5. The fourth-order valence-electron chi connectivity index (χ4n) is 1.33. The minimum absolute atomic E-state index is 0.464. The molecule has 1 atom stereocenters. The smallest absolute Gasteiger partial charge is 0.330 e. The van der Waals surface area contributed by atoms with Crippen LogP contribution in [0.2, 0.25) is 0 Å². The summed E-state index contributed by atoms with van der Waals surface area (Å²) in [5, 5.41) is 0. The third-order valence-electron chi connectivity index (χ3n) is 2.21. The number of esters is 1. The van der Waals surface area contributed by atoms with Gasteiger partial charge in [0.15, 0.2) is 0 Å². The Morgan fingerprint density at radius 1 is 1.64 bits per heavy atom. The molecule has 1 rings (SSSR count). The van der Waals surface area contributed by atoms with Crippen LogP contribution >= 0.6 is 0 Å². The monoisotopic (exact) mass is 194 g/mol. The number of pyridine rings is 1. The van der Waals surface area contributed by atoms with Crippen LogP contribution in [0.5, 0.6) is 0 Å². The van der Waals surface area contributed by atoms with Crippen LogP contribution in [-0.2, 0) is 15.1 Å². The molecule has 0 saturated heterocycles. The Kier molecular flexibility index (Phi) is 2.86. The number of aromatic nitrogens is 1. The van der Waals surface area contributed by atoms with Gasteiger partial charge >= 0.3 is 5.97 Å². The molecule has 76 valence electrons. The van der Waals surface area contributed by atoms with Crippen LogP contribution in [0.15, 0.2) is 18.5 Å². The molecule has 2 N–H and O–H groups in total. The van der Waals surface area contributed by atoms with Crippen LogP contribution in [0.4, 0.5) is 0 Å². The summed E-state index contributed by atoms with van der Waals surface area (Å²) in [5.74, 6) is -0.464. The van der Waals surface area contributed by atoms with Crippen molar-refractivity contribution in [3.05, 3.63) is 29.6 Å². The Morgan fingerprint density at radius 2 is 2.29 bits per heavy atom. The van der Waals surface area contributed by atoms with Gasteiger partial charge in [0.2, 0.25) is 0 Å². The second-order valence-electron chi connectivity index (χ2n) is 3.38. The van der Waals surface area contributed by atoms with E-state index in [2.05, 4.69) is 9.72 Å². The van der Waals surface area contributed by atoms with E-state index in [4.69, 9.17) is 5.73 Å². The normalized spacial score (nSPS) is 14.6. The molecule has 0 aliphatic heterocycles. The molecule has 4 nitrogen and oxygen atoms in total. The van der Waals surface area contributed by atoms with E-state index in [1.807, 2.05) is 13.0 Å². The third-order valence-corrected chi connectivity index (χ3v) is 2.21. The van der Waals surface area contributed by atoms with Crippen LogP contribution in [-0.4, -0.2) is 18.1 Å². The van der Waals surface area contributed by atoms with Gasteiger partial charge in [0.05, 0.1) is 7.11 Å². The first-order valence-electron chi connectivity index (χ1n) is 4.28. The molecule has 0 aliphatic carbocycles. The van der Waals surface area contributed by atoms with Gasteiger partial charge in [-0.1, -0.05) is 0 Å². The molecule has 0 aliphatic rings. The predicted molar refractivity (Wildman–Crippen MR) is 52.5 cm³/mol. The number of nitrogens with two attached hydrogens (primary N) is 1. The summed E-state index contributed by atoms with van der Waals surface area (Å²) in [6, 6.07) is 1.81. The van der Waals surface area contributed by atoms with Gasteiger partial charge in [-0.05, 0) is 25.5 Å². The van der Waals surface area contributed by atoms with E-state index >= 15 is 0 Å². The van der Waals surface area contributed by atoms with Crippen LogP contribution < -0.4 is 5.73 Å². The van der Waals surface area contributed by atoms with Gasteiger partial charge in [0.25, 0.3) is 0 Å². The van der Waals surface area contributed by atoms with Crippen molar-refractivity contribution in [3.63, 3.8) is 0 Å². The number of carbonyl (C=O) groups excluding carboxylic acids is 1. The maximum Gasteiger partial charge on any atom is 0.330 e. The number of methoxy groups -OCH3 is 1. The number of rotatable bonds is 2. The lowest BCUT2D eigenvalue weighted by Gasteiger charge is -2.23. The van der Waals surface area contributed by atoms with Gasteiger partial charge in [-0.15, -0.1) is 0 Å². The van der Waals surface area contributed by atoms with Crippen molar-refractivity contribution >= 4 is 5.97 Å². The van der Waals surface area contributed by atoms with Crippen molar-refractivity contribution in [1.29, 1.82) is 0 Å². The summed E-state index contributed by atoms with van der Waals surface area (Å²) in [6.07, 6.45) is 3.25. The number of ether oxygens (including phenoxy) is 1. The van der Waals surface area contributed by atoms with Gasteiger partial charge < -0.3 is 10.5 Å². The molecule has 4 heteroatoms. The molecule has 1 heterocycles. The second kappa shape index (κ2) is 3.75. The van der Waals surface area contributed by atoms with Gasteiger partial charge in [-0.25, -0.2) is 4.79 Å². The number of hydrogen-bond donors (Lipinski definition) is 1. The lowest BCUT2D eigenvalue weighted by molar-refractivity contribution is -0.146.